The van der Waals surface area contributed by atoms with Crippen molar-refractivity contribution >= 4 is 11.8 Å². The Morgan fingerprint density at radius 3 is 2.94 bits per heavy atom. The summed E-state index contributed by atoms with van der Waals surface area (Å²) in [5.74, 6) is 1.31. The summed E-state index contributed by atoms with van der Waals surface area (Å²) in [7, 11) is 0. The maximum absolute atomic E-state index is 5.51. The molecule has 3 nitrogen and oxygen atoms in total. The van der Waals surface area contributed by atoms with Crippen LogP contribution in [0.5, 0.6) is 0 Å². The molecule has 1 aliphatic heterocycles. The number of hydrogen-bond donors (Lipinski definition) is 1. The molecule has 1 rings (SSSR count). The molecule has 108 valence electrons. The van der Waals surface area contributed by atoms with Crippen LogP contribution in [0.15, 0.2) is 0 Å². The van der Waals surface area contributed by atoms with Gasteiger partial charge in [-0.15, -0.1) is 0 Å². The molecule has 0 bridgehead atoms. The first-order valence-electron chi connectivity index (χ1n) is 7.38. The van der Waals surface area contributed by atoms with Gasteiger partial charge in [0, 0.05) is 43.8 Å². The van der Waals surface area contributed by atoms with Gasteiger partial charge in [-0.2, -0.15) is 11.8 Å². The van der Waals surface area contributed by atoms with Crippen LogP contribution in [-0.4, -0.2) is 61.3 Å². The molecular formula is C14H30N2OS. The largest absolute Gasteiger partial charge is 0.379 e. The highest BCUT2D eigenvalue weighted by Crippen LogP contribution is 2.20. The number of nitrogens with one attached hydrogen (secondary N) is 1. The lowest BCUT2D eigenvalue weighted by molar-refractivity contribution is 0.0770. The van der Waals surface area contributed by atoms with Gasteiger partial charge in [-0.05, 0) is 33.2 Å². The van der Waals surface area contributed by atoms with Crippen molar-refractivity contribution < 1.29 is 4.74 Å². The molecule has 0 amide bonds. The number of thioether (sulfide) groups is 1. The van der Waals surface area contributed by atoms with E-state index in [0.717, 1.165) is 31.4 Å². The molecular weight excluding hydrogens is 244 g/mol. The summed E-state index contributed by atoms with van der Waals surface area (Å²) in [5, 5.41) is 4.37. The Kier molecular flexibility index (Phi) is 9.11. The van der Waals surface area contributed by atoms with Crippen LogP contribution in [0.4, 0.5) is 0 Å². The van der Waals surface area contributed by atoms with Gasteiger partial charge in [0.2, 0.25) is 0 Å². The van der Waals surface area contributed by atoms with Gasteiger partial charge in [-0.3, -0.25) is 0 Å². The average molecular weight is 274 g/mol. The molecule has 0 aliphatic carbocycles. The van der Waals surface area contributed by atoms with Gasteiger partial charge in [-0.25, -0.2) is 0 Å². The topological polar surface area (TPSA) is 24.5 Å². The van der Waals surface area contributed by atoms with E-state index < -0.39 is 0 Å². The first-order chi connectivity index (χ1) is 8.72. The van der Waals surface area contributed by atoms with Crippen molar-refractivity contribution in [2.75, 3.05) is 45.1 Å². The average Bonchev–Trinajstić information content (AvgIpc) is 2.37. The molecule has 1 N–H and O–H groups in total. The minimum Gasteiger partial charge on any atom is -0.379 e. The Labute approximate surface area is 117 Å². The van der Waals surface area contributed by atoms with Crippen LogP contribution in [0.2, 0.25) is 0 Å². The van der Waals surface area contributed by atoms with Crippen LogP contribution in [0.3, 0.4) is 0 Å². The van der Waals surface area contributed by atoms with Gasteiger partial charge < -0.3 is 15.0 Å². The Balaban J connectivity index is 1.91. The predicted molar refractivity (Wildman–Crippen MR) is 81.6 cm³/mol. The van der Waals surface area contributed by atoms with E-state index in [-0.39, 0.29) is 0 Å². The molecule has 1 aliphatic rings. The van der Waals surface area contributed by atoms with Crippen molar-refractivity contribution in [3.63, 3.8) is 0 Å². The fourth-order valence-electron chi connectivity index (χ4n) is 2.11. The number of hydrogen-bond acceptors (Lipinski definition) is 4. The first-order valence-corrected chi connectivity index (χ1v) is 8.43. The van der Waals surface area contributed by atoms with Crippen LogP contribution in [0.25, 0.3) is 0 Å². The molecule has 0 spiro atoms. The molecule has 1 atom stereocenters. The van der Waals surface area contributed by atoms with Gasteiger partial charge in [0.25, 0.3) is 0 Å². The SMILES string of the molecule is CCC1CN(CCNCCCOC(C)C)CCS1. The highest BCUT2D eigenvalue weighted by molar-refractivity contribution is 8.00. The second-order valence-corrected chi connectivity index (χ2v) is 6.63. The van der Waals surface area contributed by atoms with Crippen LogP contribution in [0.1, 0.15) is 33.6 Å². The van der Waals surface area contributed by atoms with Crippen LogP contribution >= 0.6 is 11.8 Å². The molecule has 1 fully saturated rings. The molecule has 1 unspecified atom stereocenters. The van der Waals surface area contributed by atoms with Gasteiger partial charge in [0.15, 0.2) is 0 Å². The van der Waals surface area contributed by atoms with Gasteiger partial charge >= 0.3 is 0 Å². The summed E-state index contributed by atoms with van der Waals surface area (Å²) in [6.07, 6.45) is 2.79. The summed E-state index contributed by atoms with van der Waals surface area (Å²) in [6, 6.07) is 0. The van der Waals surface area contributed by atoms with Crippen molar-refractivity contribution in [3.8, 4) is 0 Å². The lowest BCUT2D eigenvalue weighted by Crippen LogP contribution is -2.41. The molecule has 0 saturated carbocycles. The van der Waals surface area contributed by atoms with Crippen molar-refractivity contribution in [1.29, 1.82) is 0 Å². The van der Waals surface area contributed by atoms with E-state index in [1.165, 1.54) is 31.8 Å². The molecule has 0 aromatic rings. The van der Waals surface area contributed by atoms with Crippen LogP contribution in [0, 0.1) is 0 Å². The smallest absolute Gasteiger partial charge is 0.0518 e. The summed E-state index contributed by atoms with van der Waals surface area (Å²) < 4.78 is 5.51. The van der Waals surface area contributed by atoms with Gasteiger partial charge in [0.05, 0.1) is 6.10 Å². The molecule has 4 heteroatoms. The molecule has 0 aromatic carbocycles. The summed E-state index contributed by atoms with van der Waals surface area (Å²) in [5.41, 5.74) is 0. The second-order valence-electron chi connectivity index (χ2n) is 5.22. The maximum atomic E-state index is 5.51. The third-order valence-corrected chi connectivity index (χ3v) is 4.60. The summed E-state index contributed by atoms with van der Waals surface area (Å²) in [4.78, 5) is 2.60. The normalized spacial score (nSPS) is 21.7. The summed E-state index contributed by atoms with van der Waals surface area (Å²) >= 11 is 2.14. The van der Waals surface area contributed by atoms with Crippen molar-refractivity contribution in [1.82, 2.24) is 10.2 Å². The van der Waals surface area contributed by atoms with E-state index in [4.69, 9.17) is 4.74 Å². The number of nitrogens with zero attached hydrogens (tertiary/aromatic N) is 1. The molecule has 1 saturated heterocycles. The number of ether oxygens (including phenoxy) is 1. The molecule has 1 heterocycles. The zero-order valence-corrected chi connectivity index (χ0v) is 13.1. The first kappa shape index (κ1) is 16.3. The molecule has 18 heavy (non-hydrogen) atoms. The minimum absolute atomic E-state index is 0.363. The van der Waals surface area contributed by atoms with E-state index >= 15 is 0 Å². The number of rotatable bonds is 9. The lowest BCUT2D eigenvalue weighted by Gasteiger charge is -2.31. The van der Waals surface area contributed by atoms with Gasteiger partial charge in [0.1, 0.15) is 0 Å². The zero-order chi connectivity index (χ0) is 13.2. The monoisotopic (exact) mass is 274 g/mol. The van der Waals surface area contributed by atoms with E-state index in [1.54, 1.807) is 0 Å². The van der Waals surface area contributed by atoms with Crippen LogP contribution < -0.4 is 5.32 Å². The third-order valence-electron chi connectivity index (χ3n) is 3.23. The molecule has 0 aromatic heterocycles. The minimum atomic E-state index is 0.363. The highest BCUT2D eigenvalue weighted by atomic mass is 32.2. The van der Waals surface area contributed by atoms with Crippen molar-refractivity contribution in [2.24, 2.45) is 0 Å². The highest BCUT2D eigenvalue weighted by Gasteiger charge is 2.17. The summed E-state index contributed by atoms with van der Waals surface area (Å²) in [6.45, 7) is 13.3. The van der Waals surface area contributed by atoms with Crippen molar-refractivity contribution in [2.45, 2.75) is 45.0 Å². The Hall–Kier alpha value is 0.230. The fourth-order valence-corrected chi connectivity index (χ4v) is 3.36. The van der Waals surface area contributed by atoms with E-state index in [1.807, 2.05) is 0 Å². The Morgan fingerprint density at radius 2 is 2.22 bits per heavy atom. The second kappa shape index (κ2) is 10.1. The fraction of sp³-hybridized carbons (Fsp3) is 1.00. The van der Waals surface area contributed by atoms with Crippen molar-refractivity contribution in [3.05, 3.63) is 0 Å². The zero-order valence-electron chi connectivity index (χ0n) is 12.3. The standard InChI is InChI=1S/C14H30N2OS/c1-4-14-12-16(9-11-18-14)8-7-15-6-5-10-17-13(2)3/h13-15H,4-12H2,1-3H3. The Bertz CT molecular complexity index is 202. The van der Waals surface area contributed by atoms with Crippen LogP contribution in [-0.2, 0) is 4.74 Å². The lowest BCUT2D eigenvalue weighted by atomic mass is 10.3. The third kappa shape index (κ3) is 7.62. The van der Waals surface area contributed by atoms with E-state index in [2.05, 4.69) is 42.7 Å². The van der Waals surface area contributed by atoms with E-state index in [0.29, 0.717) is 6.10 Å². The quantitative estimate of drug-likeness (QED) is 0.652. The molecule has 0 radical (unpaired) electrons. The van der Waals surface area contributed by atoms with E-state index in [9.17, 15) is 0 Å². The maximum Gasteiger partial charge on any atom is 0.0518 e. The van der Waals surface area contributed by atoms with Gasteiger partial charge in [-0.1, -0.05) is 6.92 Å². The Morgan fingerprint density at radius 1 is 1.39 bits per heavy atom. The predicted octanol–water partition coefficient (Wildman–Crippen LogP) is 2.22.